The Bertz CT molecular complexity index is 168. The van der Waals surface area contributed by atoms with Crippen molar-refractivity contribution < 1.29 is 19.3 Å². The molecule has 2 saturated heterocycles. The zero-order valence-electron chi connectivity index (χ0n) is 8.35. The zero-order valence-corrected chi connectivity index (χ0v) is 8.35. The summed E-state index contributed by atoms with van der Waals surface area (Å²) >= 11 is 0. The summed E-state index contributed by atoms with van der Waals surface area (Å²) in [5.41, 5.74) is 0. The minimum atomic E-state index is -0.467. The lowest BCUT2D eigenvalue weighted by atomic mass is 10.1. The lowest BCUT2D eigenvalue weighted by Crippen LogP contribution is -2.41. The van der Waals surface area contributed by atoms with Crippen molar-refractivity contribution in [2.24, 2.45) is 0 Å². The van der Waals surface area contributed by atoms with Crippen LogP contribution in [0.2, 0.25) is 0 Å². The summed E-state index contributed by atoms with van der Waals surface area (Å²) in [6, 6.07) is 0. The number of ether oxygens (including phenoxy) is 3. The molecule has 1 N–H and O–H groups in total. The van der Waals surface area contributed by atoms with Gasteiger partial charge in [-0.2, -0.15) is 0 Å². The molecule has 82 valence electrons. The summed E-state index contributed by atoms with van der Waals surface area (Å²) in [6.07, 6.45) is 2.93. The van der Waals surface area contributed by atoms with Crippen molar-refractivity contribution in [1.82, 2.24) is 0 Å². The normalized spacial score (nSPS) is 39.6. The molecule has 0 bridgehead atoms. The molecule has 4 nitrogen and oxygen atoms in total. The third kappa shape index (κ3) is 2.67. The van der Waals surface area contributed by atoms with Crippen molar-refractivity contribution in [2.45, 2.75) is 44.2 Å². The summed E-state index contributed by atoms with van der Waals surface area (Å²) in [6.45, 7) is 2.15. The fraction of sp³-hybridized carbons (Fsp3) is 1.00. The minimum absolute atomic E-state index is 0.0986. The number of hydrogen-bond acceptors (Lipinski definition) is 4. The van der Waals surface area contributed by atoms with Crippen molar-refractivity contribution in [1.29, 1.82) is 0 Å². The van der Waals surface area contributed by atoms with Crippen LogP contribution in [0.5, 0.6) is 0 Å². The van der Waals surface area contributed by atoms with Gasteiger partial charge in [0.15, 0.2) is 6.29 Å². The Balaban J connectivity index is 1.76. The lowest BCUT2D eigenvalue weighted by molar-refractivity contribution is -0.245. The largest absolute Gasteiger partial charge is 0.388 e. The van der Waals surface area contributed by atoms with E-state index in [0.717, 1.165) is 32.3 Å². The second-order valence-electron chi connectivity index (χ2n) is 3.92. The standard InChI is InChI=1S/C10H18O4/c11-9-4-2-6-13-10(9)14-8-3-1-5-12-7-8/h8-11H,1-7H2/t8-,9+,10-/m0/s1. The number of aliphatic hydroxyl groups excluding tert-OH is 1. The summed E-state index contributed by atoms with van der Waals surface area (Å²) in [4.78, 5) is 0. The average Bonchev–Trinajstić information content (AvgIpc) is 2.23. The molecule has 0 spiro atoms. The molecular formula is C10H18O4. The summed E-state index contributed by atoms with van der Waals surface area (Å²) in [5.74, 6) is 0. The zero-order chi connectivity index (χ0) is 9.80. The van der Waals surface area contributed by atoms with Crippen LogP contribution in [-0.4, -0.2) is 43.4 Å². The molecule has 0 unspecified atom stereocenters. The van der Waals surface area contributed by atoms with Crippen molar-refractivity contribution in [3.8, 4) is 0 Å². The van der Waals surface area contributed by atoms with Crippen LogP contribution in [0.15, 0.2) is 0 Å². The van der Waals surface area contributed by atoms with Crippen molar-refractivity contribution >= 4 is 0 Å². The van der Waals surface area contributed by atoms with Gasteiger partial charge >= 0.3 is 0 Å². The molecule has 3 atom stereocenters. The number of rotatable bonds is 2. The third-order valence-electron chi connectivity index (χ3n) is 2.69. The Morgan fingerprint density at radius 3 is 2.71 bits per heavy atom. The van der Waals surface area contributed by atoms with E-state index in [0.29, 0.717) is 13.2 Å². The first-order valence-corrected chi connectivity index (χ1v) is 5.39. The van der Waals surface area contributed by atoms with Gasteiger partial charge in [-0.15, -0.1) is 0 Å². The molecule has 0 saturated carbocycles. The van der Waals surface area contributed by atoms with E-state index < -0.39 is 12.4 Å². The average molecular weight is 202 g/mol. The quantitative estimate of drug-likeness (QED) is 0.715. The van der Waals surface area contributed by atoms with E-state index in [1.807, 2.05) is 0 Å². The predicted octanol–water partition coefficient (Wildman–Crippen LogP) is 0.679. The Kier molecular flexibility index (Phi) is 3.75. The lowest BCUT2D eigenvalue weighted by Gasteiger charge is -2.32. The van der Waals surface area contributed by atoms with Crippen molar-refractivity contribution in [3.05, 3.63) is 0 Å². The maximum atomic E-state index is 9.61. The van der Waals surface area contributed by atoms with Gasteiger partial charge in [0.25, 0.3) is 0 Å². The van der Waals surface area contributed by atoms with Gasteiger partial charge in [-0.25, -0.2) is 0 Å². The van der Waals surface area contributed by atoms with E-state index in [1.54, 1.807) is 0 Å². The molecule has 2 rings (SSSR count). The molecule has 4 heteroatoms. The topological polar surface area (TPSA) is 47.9 Å². The Morgan fingerprint density at radius 2 is 2.00 bits per heavy atom. The smallest absolute Gasteiger partial charge is 0.183 e. The Morgan fingerprint density at radius 1 is 1.14 bits per heavy atom. The highest BCUT2D eigenvalue weighted by molar-refractivity contribution is 4.70. The molecular weight excluding hydrogens is 184 g/mol. The van der Waals surface area contributed by atoms with E-state index in [2.05, 4.69) is 0 Å². The van der Waals surface area contributed by atoms with Crippen LogP contribution in [0.4, 0.5) is 0 Å². The fourth-order valence-corrected chi connectivity index (χ4v) is 1.88. The number of aliphatic hydroxyl groups is 1. The fourth-order valence-electron chi connectivity index (χ4n) is 1.88. The van der Waals surface area contributed by atoms with Crippen LogP contribution in [0.1, 0.15) is 25.7 Å². The molecule has 2 aliphatic heterocycles. The second-order valence-corrected chi connectivity index (χ2v) is 3.92. The van der Waals surface area contributed by atoms with Gasteiger partial charge in [0.05, 0.1) is 12.7 Å². The van der Waals surface area contributed by atoms with Crippen molar-refractivity contribution in [3.63, 3.8) is 0 Å². The maximum absolute atomic E-state index is 9.61. The second kappa shape index (κ2) is 5.07. The molecule has 2 fully saturated rings. The van der Waals surface area contributed by atoms with Crippen LogP contribution in [0.25, 0.3) is 0 Å². The monoisotopic (exact) mass is 202 g/mol. The van der Waals surface area contributed by atoms with Gasteiger partial charge in [0.2, 0.25) is 0 Å². The molecule has 0 aliphatic carbocycles. The first-order chi connectivity index (χ1) is 6.86. The maximum Gasteiger partial charge on any atom is 0.183 e. The van der Waals surface area contributed by atoms with Crippen LogP contribution in [-0.2, 0) is 14.2 Å². The molecule has 0 aromatic rings. The van der Waals surface area contributed by atoms with Crippen LogP contribution >= 0.6 is 0 Å². The van der Waals surface area contributed by atoms with E-state index in [4.69, 9.17) is 14.2 Å². The number of hydrogen-bond donors (Lipinski definition) is 1. The summed E-state index contributed by atoms with van der Waals surface area (Å²) in [7, 11) is 0. The molecule has 2 heterocycles. The molecule has 2 aliphatic rings. The molecule has 0 radical (unpaired) electrons. The van der Waals surface area contributed by atoms with Gasteiger partial charge in [-0.05, 0) is 25.7 Å². The van der Waals surface area contributed by atoms with Crippen LogP contribution in [0, 0.1) is 0 Å². The van der Waals surface area contributed by atoms with Gasteiger partial charge in [-0.3, -0.25) is 0 Å². The highest BCUT2D eigenvalue weighted by atomic mass is 16.7. The summed E-state index contributed by atoms with van der Waals surface area (Å²) < 4.78 is 16.3. The molecule has 0 aromatic heterocycles. The van der Waals surface area contributed by atoms with E-state index in [-0.39, 0.29) is 6.10 Å². The highest BCUT2D eigenvalue weighted by Gasteiger charge is 2.28. The van der Waals surface area contributed by atoms with Gasteiger partial charge in [0, 0.05) is 13.2 Å². The Hall–Kier alpha value is -0.160. The third-order valence-corrected chi connectivity index (χ3v) is 2.69. The van der Waals surface area contributed by atoms with E-state index in [1.165, 1.54) is 0 Å². The Labute approximate surface area is 84.1 Å². The SMILES string of the molecule is O[C@@H]1CCCO[C@H]1O[C@H]1CCCOC1. The van der Waals surface area contributed by atoms with Crippen molar-refractivity contribution in [2.75, 3.05) is 19.8 Å². The van der Waals surface area contributed by atoms with Crippen LogP contribution < -0.4 is 0 Å². The van der Waals surface area contributed by atoms with Gasteiger partial charge in [0.1, 0.15) is 6.10 Å². The van der Waals surface area contributed by atoms with Gasteiger partial charge in [-0.1, -0.05) is 0 Å². The predicted molar refractivity (Wildman–Crippen MR) is 49.9 cm³/mol. The first-order valence-electron chi connectivity index (χ1n) is 5.39. The summed E-state index contributed by atoms with van der Waals surface area (Å²) in [5, 5.41) is 9.61. The highest BCUT2D eigenvalue weighted by Crippen LogP contribution is 2.19. The first kappa shape index (κ1) is 10.4. The molecule has 0 amide bonds. The van der Waals surface area contributed by atoms with E-state index >= 15 is 0 Å². The molecule has 0 aromatic carbocycles. The minimum Gasteiger partial charge on any atom is -0.388 e. The van der Waals surface area contributed by atoms with Gasteiger partial charge < -0.3 is 19.3 Å². The van der Waals surface area contributed by atoms with Crippen LogP contribution in [0.3, 0.4) is 0 Å². The van der Waals surface area contributed by atoms with E-state index in [9.17, 15) is 5.11 Å². The molecule has 14 heavy (non-hydrogen) atoms.